The van der Waals surface area contributed by atoms with Gasteiger partial charge in [0.25, 0.3) is 0 Å². The van der Waals surface area contributed by atoms with Crippen LogP contribution in [0.25, 0.3) is 0 Å². The summed E-state index contributed by atoms with van der Waals surface area (Å²) in [6.45, 7) is 7.40. The van der Waals surface area contributed by atoms with E-state index in [1.807, 2.05) is 27.7 Å². The molecule has 0 saturated heterocycles. The van der Waals surface area contributed by atoms with Crippen LogP contribution in [0.1, 0.15) is 26.3 Å². The van der Waals surface area contributed by atoms with Crippen molar-refractivity contribution in [3.05, 3.63) is 28.8 Å². The van der Waals surface area contributed by atoms with Crippen LogP contribution in [0.2, 0.25) is 5.02 Å². The average molecular weight is 313 g/mol. The van der Waals surface area contributed by atoms with Crippen molar-refractivity contribution in [2.75, 3.05) is 11.9 Å². The summed E-state index contributed by atoms with van der Waals surface area (Å²) < 4.78 is 0. The molecule has 0 unspecified atom stereocenters. The molecule has 0 saturated carbocycles. The Bertz CT molecular complexity index is 538. The van der Waals surface area contributed by atoms with Gasteiger partial charge in [0.15, 0.2) is 0 Å². The van der Waals surface area contributed by atoms with Crippen molar-refractivity contribution < 1.29 is 14.7 Å². The number of carbonyl (C=O) groups excluding carboxylic acids is 2. The van der Waals surface area contributed by atoms with Gasteiger partial charge in [-0.15, -0.1) is 0 Å². The van der Waals surface area contributed by atoms with Gasteiger partial charge in [-0.05, 0) is 30.0 Å². The molecular weight excluding hydrogens is 292 g/mol. The highest BCUT2D eigenvalue weighted by atomic mass is 35.5. The second-order valence-corrected chi connectivity index (χ2v) is 6.42. The van der Waals surface area contributed by atoms with Crippen molar-refractivity contribution >= 4 is 29.1 Å². The Morgan fingerprint density at radius 2 is 1.90 bits per heavy atom. The number of anilines is 1. The van der Waals surface area contributed by atoms with E-state index in [2.05, 4.69) is 10.6 Å². The third-order valence-corrected chi connectivity index (χ3v) is 3.50. The van der Waals surface area contributed by atoms with Crippen molar-refractivity contribution in [3.8, 4) is 0 Å². The monoisotopic (exact) mass is 312 g/mol. The predicted molar refractivity (Wildman–Crippen MR) is 83.3 cm³/mol. The molecule has 0 fully saturated rings. The molecule has 0 heterocycles. The molecule has 1 atom stereocenters. The van der Waals surface area contributed by atoms with Crippen molar-refractivity contribution in [2.45, 2.75) is 33.8 Å². The Morgan fingerprint density at radius 1 is 1.29 bits per heavy atom. The summed E-state index contributed by atoms with van der Waals surface area (Å²) in [4.78, 5) is 23.4. The summed E-state index contributed by atoms with van der Waals surface area (Å²) in [5.74, 6) is -1.59. The van der Waals surface area contributed by atoms with Gasteiger partial charge in [0.2, 0.25) is 0 Å². The number of benzene rings is 1. The number of hydrogen-bond donors (Lipinski definition) is 3. The van der Waals surface area contributed by atoms with Gasteiger partial charge < -0.3 is 15.7 Å². The quantitative estimate of drug-likeness (QED) is 0.748. The minimum atomic E-state index is -0.796. The van der Waals surface area contributed by atoms with Crippen LogP contribution in [-0.4, -0.2) is 29.6 Å². The molecule has 5 nitrogen and oxygen atoms in total. The van der Waals surface area contributed by atoms with Crippen LogP contribution < -0.4 is 10.6 Å². The van der Waals surface area contributed by atoms with Crippen molar-refractivity contribution in [2.24, 2.45) is 5.41 Å². The van der Waals surface area contributed by atoms with Gasteiger partial charge in [-0.2, -0.15) is 0 Å². The lowest BCUT2D eigenvalue weighted by Gasteiger charge is -2.25. The molecule has 1 rings (SSSR count). The fraction of sp³-hybridized carbons (Fsp3) is 0.467. The minimum Gasteiger partial charge on any atom is -0.391 e. The maximum atomic E-state index is 11.7. The van der Waals surface area contributed by atoms with Crippen LogP contribution in [-0.2, 0) is 9.59 Å². The molecule has 0 aliphatic carbocycles. The largest absolute Gasteiger partial charge is 0.391 e. The lowest BCUT2D eigenvalue weighted by atomic mass is 9.89. The van der Waals surface area contributed by atoms with Crippen LogP contribution in [0, 0.1) is 12.3 Å². The summed E-state index contributed by atoms with van der Waals surface area (Å²) in [6, 6.07) is 4.99. The third-order valence-electron chi connectivity index (χ3n) is 3.09. The maximum Gasteiger partial charge on any atom is 0.313 e. The highest BCUT2D eigenvalue weighted by Gasteiger charge is 2.23. The molecule has 0 aliphatic heterocycles. The summed E-state index contributed by atoms with van der Waals surface area (Å²) in [5, 5.41) is 15.2. The van der Waals surface area contributed by atoms with Gasteiger partial charge in [0.1, 0.15) is 0 Å². The van der Waals surface area contributed by atoms with Crippen LogP contribution in [0.4, 0.5) is 5.69 Å². The van der Waals surface area contributed by atoms with Crippen LogP contribution >= 0.6 is 11.6 Å². The van der Waals surface area contributed by atoms with Gasteiger partial charge in [-0.25, -0.2) is 0 Å². The number of carbonyl (C=O) groups is 2. The maximum absolute atomic E-state index is 11.7. The Labute approximate surface area is 129 Å². The Balaban J connectivity index is 2.55. The molecule has 0 aliphatic rings. The Kier molecular flexibility index (Phi) is 5.75. The standard InChI is InChI=1S/C15H21ClN2O3/c1-9-5-6-10(7-11(9)16)18-14(21)13(20)17-8-12(19)15(2,3)4/h5-7,12,19H,8H2,1-4H3,(H,17,20)(H,18,21)/t12-/m0/s1. The summed E-state index contributed by atoms with van der Waals surface area (Å²) in [7, 11) is 0. The topological polar surface area (TPSA) is 78.4 Å². The second kappa shape index (κ2) is 6.91. The number of aliphatic hydroxyl groups is 1. The lowest BCUT2D eigenvalue weighted by Crippen LogP contribution is -2.43. The first kappa shape index (κ1) is 17.5. The fourth-order valence-electron chi connectivity index (χ4n) is 1.43. The number of rotatable bonds is 3. The fourth-order valence-corrected chi connectivity index (χ4v) is 1.61. The van der Waals surface area contributed by atoms with Crippen LogP contribution in [0.5, 0.6) is 0 Å². The van der Waals surface area contributed by atoms with Gasteiger partial charge in [0, 0.05) is 17.3 Å². The third kappa shape index (κ3) is 5.36. The predicted octanol–water partition coefficient (Wildman–Crippen LogP) is 2.11. The summed E-state index contributed by atoms with van der Waals surface area (Å²) >= 11 is 5.94. The molecule has 0 bridgehead atoms. The molecule has 0 radical (unpaired) electrons. The van der Waals surface area contributed by atoms with E-state index in [0.717, 1.165) is 5.56 Å². The zero-order valence-electron chi connectivity index (χ0n) is 12.7. The van der Waals surface area contributed by atoms with Crippen molar-refractivity contribution in [1.82, 2.24) is 5.32 Å². The van der Waals surface area contributed by atoms with Crippen molar-refractivity contribution in [3.63, 3.8) is 0 Å². The van der Waals surface area contributed by atoms with Crippen molar-refractivity contribution in [1.29, 1.82) is 0 Å². The molecule has 0 spiro atoms. The number of amides is 2. The van der Waals surface area contributed by atoms with Crippen LogP contribution in [0.3, 0.4) is 0 Å². The van der Waals surface area contributed by atoms with E-state index in [1.54, 1.807) is 18.2 Å². The SMILES string of the molecule is Cc1ccc(NC(=O)C(=O)NC[C@H](O)C(C)(C)C)cc1Cl. The molecule has 3 N–H and O–H groups in total. The average Bonchev–Trinajstić information content (AvgIpc) is 2.38. The summed E-state index contributed by atoms with van der Waals surface area (Å²) in [5.41, 5.74) is 0.961. The first-order valence-electron chi connectivity index (χ1n) is 6.64. The molecule has 1 aromatic carbocycles. The van der Waals surface area contributed by atoms with Gasteiger partial charge in [-0.3, -0.25) is 9.59 Å². The first-order valence-corrected chi connectivity index (χ1v) is 7.02. The van der Waals surface area contributed by atoms with E-state index in [1.165, 1.54) is 0 Å². The number of nitrogens with one attached hydrogen (secondary N) is 2. The van der Waals surface area contributed by atoms with E-state index in [9.17, 15) is 14.7 Å². The molecule has 6 heteroatoms. The Hall–Kier alpha value is -1.59. The molecule has 116 valence electrons. The molecule has 21 heavy (non-hydrogen) atoms. The van der Waals surface area contributed by atoms with Crippen LogP contribution in [0.15, 0.2) is 18.2 Å². The lowest BCUT2D eigenvalue weighted by molar-refractivity contribution is -0.136. The number of aliphatic hydroxyl groups excluding tert-OH is 1. The highest BCUT2D eigenvalue weighted by molar-refractivity contribution is 6.39. The zero-order chi connectivity index (χ0) is 16.2. The summed E-state index contributed by atoms with van der Waals surface area (Å²) in [6.07, 6.45) is -0.733. The molecular formula is C15H21ClN2O3. The molecule has 2 amide bonds. The first-order chi connectivity index (χ1) is 9.61. The van der Waals surface area contributed by atoms with Gasteiger partial charge in [-0.1, -0.05) is 38.4 Å². The van der Waals surface area contributed by atoms with Gasteiger partial charge >= 0.3 is 11.8 Å². The smallest absolute Gasteiger partial charge is 0.313 e. The molecule has 0 aromatic heterocycles. The number of hydrogen-bond acceptors (Lipinski definition) is 3. The Morgan fingerprint density at radius 3 is 2.43 bits per heavy atom. The normalized spacial score (nSPS) is 12.7. The van der Waals surface area contributed by atoms with E-state index < -0.39 is 17.9 Å². The molecule has 1 aromatic rings. The van der Waals surface area contributed by atoms with E-state index in [0.29, 0.717) is 10.7 Å². The second-order valence-electron chi connectivity index (χ2n) is 6.01. The number of halogens is 1. The van der Waals surface area contributed by atoms with E-state index in [4.69, 9.17) is 11.6 Å². The van der Waals surface area contributed by atoms with Gasteiger partial charge in [0.05, 0.1) is 6.10 Å². The minimum absolute atomic E-state index is 0.0183. The highest BCUT2D eigenvalue weighted by Crippen LogP contribution is 2.20. The van der Waals surface area contributed by atoms with E-state index >= 15 is 0 Å². The zero-order valence-corrected chi connectivity index (χ0v) is 13.4. The number of aryl methyl sites for hydroxylation is 1. The van der Waals surface area contributed by atoms with E-state index in [-0.39, 0.29) is 12.0 Å².